The number of anilines is 1. The Bertz CT molecular complexity index is 807. The van der Waals surface area contributed by atoms with E-state index in [0.717, 1.165) is 22.2 Å². The number of fused-ring (bicyclic) bond motifs is 1. The van der Waals surface area contributed by atoms with Crippen LogP contribution in [0.5, 0.6) is 0 Å². The summed E-state index contributed by atoms with van der Waals surface area (Å²) in [6, 6.07) is 0.0304. The molecular weight excluding hydrogens is 284 g/mol. The molecule has 0 aliphatic rings. The SMILES string of the molecule is CCc1cnc2c(c1N[C@@H](C)COC)c(=O)n(C)c(=O)n2C. The number of aromatic nitrogens is 3. The molecule has 0 radical (unpaired) electrons. The zero-order chi connectivity index (χ0) is 16.4. The number of aryl methyl sites for hydroxylation is 2. The average Bonchev–Trinajstić information content (AvgIpc) is 2.50. The van der Waals surface area contributed by atoms with E-state index in [1.54, 1.807) is 20.4 Å². The van der Waals surface area contributed by atoms with Crippen LogP contribution in [-0.4, -0.2) is 33.9 Å². The van der Waals surface area contributed by atoms with Gasteiger partial charge in [-0.25, -0.2) is 9.78 Å². The number of ether oxygens (including phenoxy) is 1. The summed E-state index contributed by atoms with van der Waals surface area (Å²) in [7, 11) is 4.72. The summed E-state index contributed by atoms with van der Waals surface area (Å²) < 4.78 is 7.64. The fourth-order valence-corrected chi connectivity index (χ4v) is 2.54. The molecule has 0 saturated heterocycles. The molecule has 0 spiro atoms. The number of pyridine rings is 1. The molecule has 2 heterocycles. The Balaban J connectivity index is 2.81. The minimum Gasteiger partial charge on any atom is -0.383 e. The number of hydrogen-bond donors (Lipinski definition) is 1. The Hall–Kier alpha value is -2.15. The summed E-state index contributed by atoms with van der Waals surface area (Å²) in [5, 5.41) is 3.76. The maximum atomic E-state index is 12.6. The maximum Gasteiger partial charge on any atom is 0.332 e. The van der Waals surface area contributed by atoms with Crippen LogP contribution in [0.25, 0.3) is 11.0 Å². The van der Waals surface area contributed by atoms with Gasteiger partial charge in [-0.2, -0.15) is 0 Å². The number of nitrogens with one attached hydrogen (secondary N) is 1. The van der Waals surface area contributed by atoms with Gasteiger partial charge in [0.15, 0.2) is 5.65 Å². The first-order chi connectivity index (χ1) is 10.4. The summed E-state index contributed by atoms with van der Waals surface area (Å²) in [6.45, 7) is 4.49. The first kappa shape index (κ1) is 16.2. The van der Waals surface area contributed by atoms with E-state index in [-0.39, 0.29) is 17.3 Å². The third-order valence-corrected chi connectivity index (χ3v) is 3.74. The van der Waals surface area contributed by atoms with Crippen molar-refractivity contribution in [1.29, 1.82) is 0 Å². The quantitative estimate of drug-likeness (QED) is 0.877. The third kappa shape index (κ3) is 2.64. The molecule has 0 bridgehead atoms. The van der Waals surface area contributed by atoms with Gasteiger partial charge in [0.2, 0.25) is 0 Å². The molecule has 2 aromatic rings. The standard InChI is InChI=1S/C15H22N4O3/c1-6-10-7-16-13-11(12(10)17-9(2)8-22-5)14(20)19(4)15(21)18(13)3/h7,9H,6,8H2,1-5H3,(H,16,17)/t9-/m0/s1. The first-order valence-corrected chi connectivity index (χ1v) is 7.25. The van der Waals surface area contributed by atoms with Crippen LogP contribution in [0.1, 0.15) is 19.4 Å². The van der Waals surface area contributed by atoms with Crippen LogP contribution >= 0.6 is 0 Å². The van der Waals surface area contributed by atoms with Gasteiger partial charge in [-0.3, -0.25) is 13.9 Å². The first-order valence-electron chi connectivity index (χ1n) is 7.25. The fourth-order valence-electron chi connectivity index (χ4n) is 2.54. The van der Waals surface area contributed by atoms with Crippen LogP contribution in [0.2, 0.25) is 0 Å². The van der Waals surface area contributed by atoms with Crippen molar-refractivity contribution >= 4 is 16.7 Å². The number of rotatable bonds is 5. The van der Waals surface area contributed by atoms with E-state index < -0.39 is 0 Å². The van der Waals surface area contributed by atoms with Crippen molar-refractivity contribution in [3.8, 4) is 0 Å². The molecule has 7 nitrogen and oxygen atoms in total. The van der Waals surface area contributed by atoms with E-state index >= 15 is 0 Å². The fraction of sp³-hybridized carbons (Fsp3) is 0.533. The minimum absolute atomic E-state index is 0.0304. The number of nitrogens with zero attached hydrogens (tertiary/aromatic N) is 3. The highest BCUT2D eigenvalue weighted by molar-refractivity contribution is 5.90. The summed E-state index contributed by atoms with van der Waals surface area (Å²) in [5.74, 6) is 0. The molecule has 2 rings (SSSR count). The number of hydrogen-bond acceptors (Lipinski definition) is 5. The predicted molar refractivity (Wildman–Crippen MR) is 86.6 cm³/mol. The van der Waals surface area contributed by atoms with E-state index in [0.29, 0.717) is 17.6 Å². The van der Waals surface area contributed by atoms with Gasteiger partial charge in [0.05, 0.1) is 12.3 Å². The normalized spacial score (nSPS) is 12.6. The number of methoxy groups -OCH3 is 1. The molecule has 1 N–H and O–H groups in total. The highest BCUT2D eigenvalue weighted by Gasteiger charge is 2.17. The summed E-state index contributed by atoms with van der Waals surface area (Å²) in [5.41, 5.74) is 1.33. The van der Waals surface area contributed by atoms with Crippen LogP contribution in [0.3, 0.4) is 0 Å². The van der Waals surface area contributed by atoms with Crippen LogP contribution in [0.15, 0.2) is 15.8 Å². The lowest BCUT2D eigenvalue weighted by atomic mass is 10.1. The van der Waals surface area contributed by atoms with Gasteiger partial charge in [-0.1, -0.05) is 6.92 Å². The Kier molecular flexibility index (Phi) is 4.65. The monoisotopic (exact) mass is 306 g/mol. The second kappa shape index (κ2) is 6.31. The molecule has 0 saturated carbocycles. The summed E-state index contributed by atoms with van der Waals surface area (Å²) in [6.07, 6.45) is 2.44. The van der Waals surface area contributed by atoms with Crippen molar-refractivity contribution in [3.63, 3.8) is 0 Å². The van der Waals surface area contributed by atoms with Gasteiger partial charge < -0.3 is 10.1 Å². The smallest absolute Gasteiger partial charge is 0.332 e. The van der Waals surface area contributed by atoms with Crippen LogP contribution in [-0.2, 0) is 25.3 Å². The Morgan fingerprint density at radius 1 is 1.32 bits per heavy atom. The lowest BCUT2D eigenvalue weighted by Gasteiger charge is -2.19. The second-order valence-corrected chi connectivity index (χ2v) is 5.42. The molecule has 0 unspecified atom stereocenters. The van der Waals surface area contributed by atoms with E-state index in [9.17, 15) is 9.59 Å². The molecular formula is C15H22N4O3. The van der Waals surface area contributed by atoms with Gasteiger partial charge in [0.25, 0.3) is 5.56 Å². The van der Waals surface area contributed by atoms with E-state index in [2.05, 4.69) is 10.3 Å². The van der Waals surface area contributed by atoms with Crippen LogP contribution < -0.4 is 16.6 Å². The van der Waals surface area contributed by atoms with Crippen LogP contribution in [0.4, 0.5) is 5.69 Å². The summed E-state index contributed by atoms with van der Waals surface area (Å²) in [4.78, 5) is 28.9. The molecule has 0 amide bonds. The van der Waals surface area contributed by atoms with Crippen molar-refractivity contribution < 1.29 is 4.74 Å². The zero-order valence-corrected chi connectivity index (χ0v) is 13.6. The predicted octanol–water partition coefficient (Wildman–Crippen LogP) is 0.641. The average molecular weight is 306 g/mol. The Labute approximate surface area is 128 Å². The largest absolute Gasteiger partial charge is 0.383 e. The van der Waals surface area contributed by atoms with E-state index in [1.165, 1.54) is 11.6 Å². The molecule has 0 aliphatic heterocycles. The third-order valence-electron chi connectivity index (χ3n) is 3.74. The second-order valence-electron chi connectivity index (χ2n) is 5.42. The molecule has 7 heteroatoms. The van der Waals surface area contributed by atoms with Gasteiger partial charge in [0.1, 0.15) is 5.39 Å². The Morgan fingerprint density at radius 3 is 2.59 bits per heavy atom. The van der Waals surface area contributed by atoms with Crippen molar-refractivity contribution in [2.24, 2.45) is 14.1 Å². The van der Waals surface area contributed by atoms with Gasteiger partial charge in [-0.05, 0) is 18.9 Å². The van der Waals surface area contributed by atoms with Crippen LogP contribution in [0, 0.1) is 0 Å². The van der Waals surface area contributed by atoms with Gasteiger partial charge >= 0.3 is 5.69 Å². The van der Waals surface area contributed by atoms with E-state index in [1.807, 2.05) is 13.8 Å². The van der Waals surface area contributed by atoms with Gasteiger partial charge in [-0.15, -0.1) is 0 Å². The lowest BCUT2D eigenvalue weighted by Crippen LogP contribution is -2.38. The zero-order valence-electron chi connectivity index (χ0n) is 13.6. The topological polar surface area (TPSA) is 78.2 Å². The molecule has 120 valence electrons. The molecule has 0 fully saturated rings. The van der Waals surface area contributed by atoms with E-state index in [4.69, 9.17) is 4.74 Å². The van der Waals surface area contributed by atoms with Crippen molar-refractivity contribution in [2.45, 2.75) is 26.3 Å². The van der Waals surface area contributed by atoms with Crippen molar-refractivity contribution in [1.82, 2.24) is 14.1 Å². The van der Waals surface area contributed by atoms with Gasteiger partial charge in [0, 0.05) is 33.4 Å². The van der Waals surface area contributed by atoms with Crippen molar-refractivity contribution in [3.05, 3.63) is 32.6 Å². The molecule has 2 aromatic heterocycles. The Morgan fingerprint density at radius 2 is 2.00 bits per heavy atom. The summed E-state index contributed by atoms with van der Waals surface area (Å²) >= 11 is 0. The highest BCUT2D eigenvalue weighted by atomic mass is 16.5. The lowest BCUT2D eigenvalue weighted by molar-refractivity contribution is 0.190. The molecule has 22 heavy (non-hydrogen) atoms. The maximum absolute atomic E-state index is 12.6. The molecule has 0 aromatic carbocycles. The molecule has 1 atom stereocenters. The van der Waals surface area contributed by atoms with Crippen molar-refractivity contribution in [2.75, 3.05) is 19.0 Å². The highest BCUT2D eigenvalue weighted by Crippen LogP contribution is 2.23. The minimum atomic E-state index is -0.384. The molecule has 0 aliphatic carbocycles.